The molecule has 0 N–H and O–H groups in total. The SMILES string of the molecule is CCOC(=O)CSC1=NCN(C2CCCC2)CN1c1ccc(F)cc1. The third-order valence-corrected chi connectivity index (χ3v) is 5.53. The van der Waals surface area contributed by atoms with Gasteiger partial charge in [0.05, 0.1) is 25.7 Å². The maximum atomic E-state index is 13.3. The van der Waals surface area contributed by atoms with E-state index >= 15 is 0 Å². The number of hydrogen-bond acceptors (Lipinski definition) is 6. The summed E-state index contributed by atoms with van der Waals surface area (Å²) >= 11 is 1.38. The van der Waals surface area contributed by atoms with Gasteiger partial charge in [-0.15, -0.1) is 0 Å². The Hall–Kier alpha value is -1.60. The van der Waals surface area contributed by atoms with Crippen molar-refractivity contribution in [1.82, 2.24) is 4.90 Å². The molecule has 0 amide bonds. The molecule has 0 bridgehead atoms. The summed E-state index contributed by atoms with van der Waals surface area (Å²) in [6.07, 6.45) is 4.95. The highest BCUT2D eigenvalue weighted by molar-refractivity contribution is 8.14. The van der Waals surface area contributed by atoms with E-state index in [9.17, 15) is 9.18 Å². The molecule has 0 radical (unpaired) electrons. The molecular weight excluding hydrogens is 341 g/mol. The van der Waals surface area contributed by atoms with Crippen LogP contribution in [0.15, 0.2) is 29.3 Å². The molecule has 1 aromatic rings. The lowest BCUT2D eigenvalue weighted by Crippen LogP contribution is -2.49. The van der Waals surface area contributed by atoms with Crippen LogP contribution < -0.4 is 4.90 Å². The number of thioether (sulfide) groups is 1. The lowest BCUT2D eigenvalue weighted by atomic mass is 10.2. The normalized spacial score (nSPS) is 19.1. The van der Waals surface area contributed by atoms with Gasteiger partial charge >= 0.3 is 5.97 Å². The van der Waals surface area contributed by atoms with E-state index in [-0.39, 0.29) is 17.5 Å². The lowest BCUT2D eigenvalue weighted by Gasteiger charge is -2.38. The number of carbonyl (C=O) groups is 1. The average molecular weight is 365 g/mol. The summed E-state index contributed by atoms with van der Waals surface area (Å²) in [7, 11) is 0. The van der Waals surface area contributed by atoms with Crippen molar-refractivity contribution in [2.24, 2.45) is 4.99 Å². The molecule has 1 aliphatic heterocycles. The molecule has 0 aromatic heterocycles. The highest BCUT2D eigenvalue weighted by Crippen LogP contribution is 2.29. The van der Waals surface area contributed by atoms with Crippen LogP contribution >= 0.6 is 11.8 Å². The lowest BCUT2D eigenvalue weighted by molar-refractivity contribution is -0.139. The Morgan fingerprint density at radius 1 is 1.32 bits per heavy atom. The van der Waals surface area contributed by atoms with Gasteiger partial charge in [0.25, 0.3) is 0 Å². The van der Waals surface area contributed by atoms with Crippen molar-refractivity contribution in [1.29, 1.82) is 0 Å². The van der Waals surface area contributed by atoms with Crippen molar-refractivity contribution in [2.75, 3.05) is 30.6 Å². The van der Waals surface area contributed by atoms with Crippen LogP contribution in [0.5, 0.6) is 0 Å². The number of benzene rings is 1. The first-order valence-corrected chi connectivity index (χ1v) is 9.76. The van der Waals surface area contributed by atoms with E-state index in [1.54, 1.807) is 19.1 Å². The number of ether oxygens (including phenoxy) is 1. The Kier molecular flexibility index (Phi) is 6.31. The number of amidine groups is 1. The minimum atomic E-state index is -0.258. The highest BCUT2D eigenvalue weighted by Gasteiger charge is 2.29. The van der Waals surface area contributed by atoms with Gasteiger partial charge < -0.3 is 9.64 Å². The Labute approximate surface area is 152 Å². The van der Waals surface area contributed by atoms with Gasteiger partial charge in [0.15, 0.2) is 5.17 Å². The van der Waals surface area contributed by atoms with Crippen LogP contribution in [0, 0.1) is 5.82 Å². The first kappa shape index (κ1) is 18.2. The summed E-state index contributed by atoms with van der Waals surface area (Å²) in [6, 6.07) is 6.99. The van der Waals surface area contributed by atoms with Crippen LogP contribution in [-0.4, -0.2) is 47.8 Å². The first-order valence-electron chi connectivity index (χ1n) is 8.77. The van der Waals surface area contributed by atoms with Gasteiger partial charge in [-0.05, 0) is 44.0 Å². The van der Waals surface area contributed by atoms with Gasteiger partial charge in [0.2, 0.25) is 0 Å². The van der Waals surface area contributed by atoms with Crippen molar-refractivity contribution in [3.63, 3.8) is 0 Å². The summed E-state index contributed by atoms with van der Waals surface area (Å²) in [5, 5.41) is 0.786. The summed E-state index contributed by atoms with van der Waals surface area (Å²) in [5.74, 6) is -0.271. The van der Waals surface area contributed by atoms with Crippen LogP contribution in [0.25, 0.3) is 0 Å². The van der Waals surface area contributed by atoms with Crippen molar-refractivity contribution in [3.8, 4) is 0 Å². The van der Waals surface area contributed by atoms with E-state index in [2.05, 4.69) is 9.80 Å². The molecule has 5 nitrogen and oxygen atoms in total. The standard InChI is InChI=1S/C18H24FN3O2S/c1-2-24-17(23)11-25-18-20-12-21(15-5-3-4-6-15)13-22(18)16-9-7-14(19)8-10-16/h7-10,15H,2-6,11-13H2,1H3. The van der Waals surface area contributed by atoms with Crippen LogP contribution in [0.3, 0.4) is 0 Å². The molecule has 7 heteroatoms. The number of carbonyl (C=O) groups excluding carboxylic acids is 1. The average Bonchev–Trinajstić information content (AvgIpc) is 3.15. The fourth-order valence-corrected chi connectivity index (χ4v) is 4.08. The van der Waals surface area contributed by atoms with Crippen LogP contribution in [0.1, 0.15) is 32.6 Å². The first-order chi connectivity index (χ1) is 12.2. The van der Waals surface area contributed by atoms with E-state index in [4.69, 9.17) is 9.73 Å². The third kappa shape index (κ3) is 4.73. The predicted molar refractivity (Wildman–Crippen MR) is 99.2 cm³/mol. The van der Waals surface area contributed by atoms with Gasteiger partial charge in [0.1, 0.15) is 5.82 Å². The molecule has 0 spiro atoms. The Balaban J connectivity index is 1.74. The molecule has 136 valence electrons. The highest BCUT2D eigenvalue weighted by atomic mass is 32.2. The Morgan fingerprint density at radius 2 is 2.04 bits per heavy atom. The van der Waals surface area contributed by atoms with Gasteiger partial charge in [0, 0.05) is 11.7 Å². The van der Waals surface area contributed by atoms with Gasteiger partial charge in [-0.1, -0.05) is 24.6 Å². The molecule has 1 fully saturated rings. The van der Waals surface area contributed by atoms with Gasteiger partial charge in [-0.25, -0.2) is 9.38 Å². The fourth-order valence-electron chi connectivity index (χ4n) is 3.29. The number of esters is 1. The number of anilines is 1. The summed E-state index contributed by atoms with van der Waals surface area (Å²) < 4.78 is 18.3. The quantitative estimate of drug-likeness (QED) is 0.748. The zero-order valence-electron chi connectivity index (χ0n) is 14.5. The van der Waals surface area contributed by atoms with Gasteiger partial charge in [-0.3, -0.25) is 9.69 Å². The molecule has 0 saturated heterocycles. The van der Waals surface area contributed by atoms with Crippen molar-refractivity contribution < 1.29 is 13.9 Å². The van der Waals surface area contributed by atoms with E-state index < -0.39 is 0 Å². The molecule has 0 unspecified atom stereocenters. The number of nitrogens with zero attached hydrogens (tertiary/aromatic N) is 3. The largest absolute Gasteiger partial charge is 0.465 e. The predicted octanol–water partition coefficient (Wildman–Crippen LogP) is 3.46. The molecular formula is C18H24FN3O2S. The second-order valence-corrected chi connectivity index (χ2v) is 7.19. The van der Waals surface area contributed by atoms with E-state index in [0.29, 0.717) is 26.0 Å². The summed E-state index contributed by atoms with van der Waals surface area (Å²) in [5.41, 5.74) is 0.888. The minimum absolute atomic E-state index is 0.230. The fraction of sp³-hybridized carbons (Fsp3) is 0.556. The zero-order chi connectivity index (χ0) is 17.6. The maximum Gasteiger partial charge on any atom is 0.316 e. The number of halogens is 1. The summed E-state index contributed by atoms with van der Waals surface area (Å²) in [4.78, 5) is 20.8. The third-order valence-electron chi connectivity index (χ3n) is 4.55. The molecule has 1 aromatic carbocycles. The van der Waals surface area contributed by atoms with E-state index in [1.807, 2.05) is 0 Å². The van der Waals surface area contributed by atoms with E-state index in [0.717, 1.165) is 10.9 Å². The molecule has 1 aliphatic carbocycles. The molecule has 3 rings (SSSR count). The van der Waals surface area contributed by atoms with Gasteiger partial charge in [-0.2, -0.15) is 0 Å². The number of hydrogen-bond donors (Lipinski definition) is 0. The molecule has 25 heavy (non-hydrogen) atoms. The second kappa shape index (κ2) is 8.67. The smallest absolute Gasteiger partial charge is 0.316 e. The Bertz CT molecular complexity index is 617. The van der Waals surface area contributed by atoms with Crippen LogP contribution in [0.4, 0.5) is 10.1 Å². The topological polar surface area (TPSA) is 45.1 Å². The number of aliphatic imine (C=N–C) groups is 1. The van der Waals surface area contributed by atoms with Crippen molar-refractivity contribution in [2.45, 2.75) is 38.6 Å². The van der Waals surface area contributed by atoms with Crippen LogP contribution in [-0.2, 0) is 9.53 Å². The number of rotatable bonds is 5. The second-order valence-electron chi connectivity index (χ2n) is 6.25. The van der Waals surface area contributed by atoms with Crippen molar-refractivity contribution in [3.05, 3.63) is 30.1 Å². The van der Waals surface area contributed by atoms with E-state index in [1.165, 1.54) is 49.6 Å². The summed E-state index contributed by atoms with van der Waals surface area (Å²) in [6.45, 7) is 3.53. The van der Waals surface area contributed by atoms with Crippen molar-refractivity contribution >= 4 is 28.6 Å². The molecule has 2 aliphatic rings. The minimum Gasteiger partial charge on any atom is -0.465 e. The molecule has 1 heterocycles. The zero-order valence-corrected chi connectivity index (χ0v) is 15.3. The molecule has 1 saturated carbocycles. The molecule has 0 atom stereocenters. The maximum absolute atomic E-state index is 13.3. The van der Waals surface area contributed by atoms with Crippen LogP contribution in [0.2, 0.25) is 0 Å². The Morgan fingerprint density at radius 3 is 2.72 bits per heavy atom. The monoisotopic (exact) mass is 365 g/mol.